The first-order valence-electron chi connectivity index (χ1n) is 7.93. The smallest absolute Gasteiger partial charge is 0.273 e. The van der Waals surface area contributed by atoms with Crippen LogP contribution in [0.5, 0.6) is 0 Å². The Balaban J connectivity index is 1.76. The Bertz CT molecular complexity index is 846. The SMILES string of the molecule is Cc1c(C(=O)Nc2ccc(N3CCCC3=O)cc2)cccc1[N+](=O)[O-]. The molecule has 1 N–H and O–H groups in total. The van der Waals surface area contributed by atoms with Crippen molar-refractivity contribution in [1.29, 1.82) is 0 Å². The highest BCUT2D eigenvalue weighted by atomic mass is 16.6. The van der Waals surface area contributed by atoms with Gasteiger partial charge in [0.15, 0.2) is 0 Å². The zero-order valence-corrected chi connectivity index (χ0v) is 13.7. The molecule has 1 fully saturated rings. The van der Waals surface area contributed by atoms with Crippen molar-refractivity contribution in [2.45, 2.75) is 19.8 Å². The summed E-state index contributed by atoms with van der Waals surface area (Å²) in [5.41, 5.74) is 1.85. The van der Waals surface area contributed by atoms with Crippen molar-refractivity contribution < 1.29 is 14.5 Å². The van der Waals surface area contributed by atoms with Gasteiger partial charge in [-0.3, -0.25) is 19.7 Å². The summed E-state index contributed by atoms with van der Waals surface area (Å²) in [6.07, 6.45) is 1.41. The molecule has 3 rings (SSSR count). The van der Waals surface area contributed by atoms with Crippen LogP contribution in [-0.4, -0.2) is 23.3 Å². The topological polar surface area (TPSA) is 92.6 Å². The summed E-state index contributed by atoms with van der Waals surface area (Å²) in [5, 5.41) is 13.7. The summed E-state index contributed by atoms with van der Waals surface area (Å²) in [4.78, 5) is 36.4. The summed E-state index contributed by atoms with van der Waals surface area (Å²) >= 11 is 0. The van der Waals surface area contributed by atoms with E-state index < -0.39 is 10.8 Å². The third kappa shape index (κ3) is 3.35. The molecule has 0 spiro atoms. The molecule has 0 saturated carbocycles. The lowest BCUT2D eigenvalue weighted by Gasteiger charge is -2.16. The minimum atomic E-state index is -0.506. The molecule has 0 bridgehead atoms. The molecule has 128 valence electrons. The monoisotopic (exact) mass is 339 g/mol. The van der Waals surface area contributed by atoms with Crippen molar-refractivity contribution in [3.8, 4) is 0 Å². The second-order valence-electron chi connectivity index (χ2n) is 5.86. The Kier molecular flexibility index (Phi) is 4.47. The van der Waals surface area contributed by atoms with Gasteiger partial charge in [-0.15, -0.1) is 0 Å². The zero-order chi connectivity index (χ0) is 18.0. The van der Waals surface area contributed by atoms with Crippen molar-refractivity contribution in [2.75, 3.05) is 16.8 Å². The number of hydrogen-bond donors (Lipinski definition) is 1. The van der Waals surface area contributed by atoms with Crippen LogP contribution in [0.1, 0.15) is 28.8 Å². The largest absolute Gasteiger partial charge is 0.322 e. The molecule has 2 amide bonds. The number of nitrogens with zero attached hydrogens (tertiary/aromatic N) is 2. The van der Waals surface area contributed by atoms with E-state index in [1.165, 1.54) is 12.1 Å². The van der Waals surface area contributed by atoms with Crippen LogP contribution in [0.25, 0.3) is 0 Å². The van der Waals surface area contributed by atoms with Crippen LogP contribution in [0.2, 0.25) is 0 Å². The summed E-state index contributed by atoms with van der Waals surface area (Å²) in [7, 11) is 0. The number of anilines is 2. The molecule has 0 unspecified atom stereocenters. The molecule has 0 aliphatic carbocycles. The van der Waals surface area contributed by atoms with Crippen LogP contribution in [-0.2, 0) is 4.79 Å². The first-order chi connectivity index (χ1) is 12.0. The Labute approximate surface area is 144 Å². The number of carbonyl (C=O) groups excluding carboxylic acids is 2. The lowest BCUT2D eigenvalue weighted by molar-refractivity contribution is -0.385. The third-order valence-corrected chi connectivity index (χ3v) is 4.26. The fourth-order valence-corrected chi connectivity index (χ4v) is 2.91. The van der Waals surface area contributed by atoms with Gasteiger partial charge in [-0.2, -0.15) is 0 Å². The van der Waals surface area contributed by atoms with Gasteiger partial charge < -0.3 is 10.2 Å². The van der Waals surface area contributed by atoms with Crippen molar-refractivity contribution in [3.05, 3.63) is 63.7 Å². The first-order valence-corrected chi connectivity index (χ1v) is 7.93. The van der Waals surface area contributed by atoms with Crippen molar-refractivity contribution in [1.82, 2.24) is 0 Å². The third-order valence-electron chi connectivity index (χ3n) is 4.26. The molecule has 1 aliphatic rings. The predicted molar refractivity (Wildman–Crippen MR) is 93.8 cm³/mol. The van der Waals surface area contributed by atoms with E-state index in [0.717, 1.165) is 12.1 Å². The van der Waals surface area contributed by atoms with Gasteiger partial charge >= 0.3 is 0 Å². The van der Waals surface area contributed by atoms with Gasteiger partial charge in [-0.05, 0) is 43.7 Å². The van der Waals surface area contributed by atoms with Gasteiger partial charge in [0, 0.05) is 41.5 Å². The van der Waals surface area contributed by atoms with Crippen molar-refractivity contribution >= 4 is 28.9 Å². The van der Waals surface area contributed by atoms with E-state index in [0.29, 0.717) is 24.2 Å². The van der Waals surface area contributed by atoms with Crippen LogP contribution in [0.15, 0.2) is 42.5 Å². The molecule has 0 aromatic heterocycles. The molecule has 25 heavy (non-hydrogen) atoms. The minimum absolute atomic E-state index is 0.0875. The Morgan fingerprint density at radius 3 is 2.52 bits per heavy atom. The Morgan fingerprint density at radius 1 is 1.20 bits per heavy atom. The fraction of sp³-hybridized carbons (Fsp3) is 0.222. The van der Waals surface area contributed by atoms with Crippen molar-refractivity contribution in [3.63, 3.8) is 0 Å². The Hall–Kier alpha value is -3.22. The average Bonchev–Trinajstić information content (AvgIpc) is 3.01. The van der Waals surface area contributed by atoms with E-state index in [9.17, 15) is 19.7 Å². The molecule has 1 heterocycles. The van der Waals surface area contributed by atoms with Crippen LogP contribution in [0.3, 0.4) is 0 Å². The molecular formula is C18H17N3O4. The molecule has 7 nitrogen and oxygen atoms in total. The highest BCUT2D eigenvalue weighted by Gasteiger charge is 2.22. The van der Waals surface area contributed by atoms with E-state index in [1.807, 2.05) is 0 Å². The molecule has 2 aromatic carbocycles. The average molecular weight is 339 g/mol. The normalized spacial score (nSPS) is 13.8. The van der Waals surface area contributed by atoms with Gasteiger partial charge in [0.25, 0.3) is 11.6 Å². The standard InChI is InChI=1S/C18H17N3O4/c1-12-15(4-2-5-16(12)21(24)25)18(23)19-13-7-9-14(10-8-13)20-11-3-6-17(20)22/h2,4-5,7-10H,3,6,11H2,1H3,(H,19,23). The number of nitrogens with one attached hydrogen (secondary N) is 1. The fourth-order valence-electron chi connectivity index (χ4n) is 2.91. The lowest BCUT2D eigenvalue weighted by atomic mass is 10.1. The maximum atomic E-state index is 12.4. The number of carbonyl (C=O) groups is 2. The number of nitro groups is 1. The lowest BCUT2D eigenvalue weighted by Crippen LogP contribution is -2.23. The number of amides is 2. The number of benzene rings is 2. The van der Waals surface area contributed by atoms with Gasteiger partial charge in [-0.1, -0.05) is 6.07 Å². The van der Waals surface area contributed by atoms with Crippen LogP contribution < -0.4 is 10.2 Å². The maximum absolute atomic E-state index is 12.4. The zero-order valence-electron chi connectivity index (χ0n) is 13.7. The van der Waals surface area contributed by atoms with Gasteiger partial charge in [0.05, 0.1) is 4.92 Å². The Morgan fingerprint density at radius 2 is 1.92 bits per heavy atom. The van der Waals surface area contributed by atoms with E-state index in [2.05, 4.69) is 5.32 Å². The predicted octanol–water partition coefficient (Wildman–Crippen LogP) is 3.28. The molecule has 7 heteroatoms. The van der Waals surface area contributed by atoms with Crippen molar-refractivity contribution in [2.24, 2.45) is 0 Å². The summed E-state index contributed by atoms with van der Waals surface area (Å²) in [6.45, 7) is 2.26. The van der Waals surface area contributed by atoms with Crippen LogP contribution >= 0.6 is 0 Å². The summed E-state index contributed by atoms with van der Waals surface area (Å²) in [5.74, 6) is -0.310. The minimum Gasteiger partial charge on any atom is -0.322 e. The molecule has 1 aliphatic heterocycles. The highest BCUT2D eigenvalue weighted by Crippen LogP contribution is 2.25. The second kappa shape index (κ2) is 6.72. The van der Waals surface area contributed by atoms with E-state index in [1.54, 1.807) is 42.2 Å². The second-order valence-corrected chi connectivity index (χ2v) is 5.86. The molecule has 1 saturated heterocycles. The van der Waals surface area contributed by atoms with E-state index in [4.69, 9.17) is 0 Å². The molecule has 2 aromatic rings. The summed E-state index contributed by atoms with van der Waals surface area (Å²) in [6, 6.07) is 11.4. The first kappa shape index (κ1) is 16.6. The highest BCUT2D eigenvalue weighted by molar-refractivity contribution is 6.06. The quantitative estimate of drug-likeness (QED) is 0.683. The summed E-state index contributed by atoms with van der Waals surface area (Å²) < 4.78 is 0. The molecule has 0 atom stereocenters. The number of rotatable bonds is 4. The van der Waals surface area contributed by atoms with Crippen LogP contribution in [0.4, 0.5) is 17.1 Å². The van der Waals surface area contributed by atoms with E-state index in [-0.39, 0.29) is 17.2 Å². The van der Waals surface area contributed by atoms with E-state index >= 15 is 0 Å². The van der Waals surface area contributed by atoms with Gasteiger partial charge in [-0.25, -0.2) is 0 Å². The number of hydrogen-bond acceptors (Lipinski definition) is 4. The molecule has 0 radical (unpaired) electrons. The number of nitro benzene ring substituents is 1. The molecular weight excluding hydrogens is 322 g/mol. The van der Waals surface area contributed by atoms with Crippen LogP contribution in [0, 0.1) is 17.0 Å². The van der Waals surface area contributed by atoms with Gasteiger partial charge in [0.2, 0.25) is 5.91 Å². The van der Waals surface area contributed by atoms with Gasteiger partial charge in [0.1, 0.15) is 0 Å². The maximum Gasteiger partial charge on any atom is 0.273 e.